The number of hydrogen-bond donors (Lipinski definition) is 3. The van der Waals surface area contributed by atoms with Crippen LogP contribution in [0.1, 0.15) is 226 Å². The number of allylic oxidation sites excluding steroid dienone is 2. The van der Waals surface area contributed by atoms with Gasteiger partial charge >= 0.3 is 13.8 Å². The second-order valence-electron chi connectivity index (χ2n) is 15.8. The van der Waals surface area contributed by atoms with E-state index in [1.165, 1.54) is 167 Å². The molecular weight excluding hydrogens is 715 g/mol. The zero-order valence-electron chi connectivity index (χ0n) is 35.9. The standard InChI is InChI=1S/C45H89O9P/c1-3-5-7-9-11-13-15-17-19-20-21-22-23-24-26-28-30-32-34-36-38-51-41-44(42-53-55(49,50)52-40-43(47)39-46)54-45(48)37-35-33-31-29-27-25-18-16-14-12-10-8-6-4-2/h17,19,43-44,46-47H,3-16,18,20-42H2,1-2H3,(H,49,50)/b19-17-. The molecule has 0 spiro atoms. The Labute approximate surface area is 339 Å². The molecule has 0 aromatic carbocycles. The fourth-order valence-corrected chi connectivity index (χ4v) is 7.44. The van der Waals surface area contributed by atoms with Gasteiger partial charge in [0, 0.05) is 13.0 Å². The molecule has 0 aliphatic heterocycles. The van der Waals surface area contributed by atoms with Gasteiger partial charge in [0.2, 0.25) is 0 Å². The van der Waals surface area contributed by atoms with Crippen molar-refractivity contribution < 1.29 is 43.0 Å². The van der Waals surface area contributed by atoms with Crippen molar-refractivity contribution in [3.63, 3.8) is 0 Å². The Morgan fingerprint density at radius 3 is 1.36 bits per heavy atom. The monoisotopic (exact) mass is 805 g/mol. The molecule has 0 radical (unpaired) electrons. The van der Waals surface area contributed by atoms with Gasteiger partial charge in [-0.3, -0.25) is 13.8 Å². The Balaban J connectivity index is 4.08. The number of carbonyl (C=O) groups is 1. The van der Waals surface area contributed by atoms with E-state index in [9.17, 15) is 19.4 Å². The van der Waals surface area contributed by atoms with Crippen LogP contribution in [0, 0.1) is 0 Å². The summed E-state index contributed by atoms with van der Waals surface area (Å²) in [5, 5.41) is 18.4. The average molecular weight is 805 g/mol. The van der Waals surface area contributed by atoms with E-state index in [4.69, 9.17) is 23.6 Å². The fourth-order valence-electron chi connectivity index (χ4n) is 6.65. The highest BCUT2D eigenvalue weighted by molar-refractivity contribution is 7.47. The first-order chi connectivity index (χ1) is 26.8. The lowest BCUT2D eigenvalue weighted by Gasteiger charge is -2.20. The summed E-state index contributed by atoms with van der Waals surface area (Å²) in [6.45, 7) is 3.56. The van der Waals surface area contributed by atoms with E-state index in [2.05, 4.69) is 26.0 Å². The second kappa shape index (κ2) is 42.8. The first-order valence-electron chi connectivity index (χ1n) is 23.2. The molecule has 0 fully saturated rings. The number of ether oxygens (including phenoxy) is 2. The SMILES string of the molecule is CCCCCCCC/C=C\CCCCCCCCCCCCOCC(COP(=O)(O)OCC(O)CO)OC(=O)CCCCCCCCCCCCCCCC. The summed E-state index contributed by atoms with van der Waals surface area (Å²) in [5.41, 5.74) is 0. The van der Waals surface area contributed by atoms with E-state index in [1.807, 2.05) is 0 Å². The topological polar surface area (TPSA) is 132 Å². The zero-order valence-corrected chi connectivity index (χ0v) is 36.8. The highest BCUT2D eigenvalue weighted by Gasteiger charge is 2.26. The van der Waals surface area contributed by atoms with Gasteiger partial charge in [0.15, 0.2) is 0 Å². The lowest BCUT2D eigenvalue weighted by Crippen LogP contribution is -2.29. The molecule has 9 nitrogen and oxygen atoms in total. The molecule has 3 atom stereocenters. The number of rotatable bonds is 45. The Kier molecular flexibility index (Phi) is 42.2. The van der Waals surface area contributed by atoms with E-state index >= 15 is 0 Å². The Morgan fingerprint density at radius 2 is 0.927 bits per heavy atom. The van der Waals surface area contributed by atoms with E-state index in [0.29, 0.717) is 6.61 Å². The summed E-state index contributed by atoms with van der Waals surface area (Å²) in [4.78, 5) is 22.6. The van der Waals surface area contributed by atoms with Crippen LogP contribution in [0.3, 0.4) is 0 Å². The molecule has 0 aliphatic carbocycles. The predicted octanol–water partition coefficient (Wildman–Crippen LogP) is 12.9. The number of aliphatic hydroxyl groups excluding tert-OH is 2. The Hall–Kier alpha value is -0.800. The Bertz CT molecular complexity index is 871. The maximum absolute atomic E-state index is 12.6. The van der Waals surface area contributed by atoms with Gasteiger partial charge in [-0.2, -0.15) is 0 Å². The van der Waals surface area contributed by atoms with Crippen LogP contribution in [0.15, 0.2) is 12.2 Å². The number of carbonyl (C=O) groups excluding carboxylic acids is 1. The molecule has 0 aromatic rings. The largest absolute Gasteiger partial charge is 0.472 e. The van der Waals surface area contributed by atoms with Gasteiger partial charge in [-0.15, -0.1) is 0 Å². The molecule has 3 unspecified atom stereocenters. The molecule has 0 amide bonds. The van der Waals surface area contributed by atoms with Crippen LogP contribution < -0.4 is 0 Å². The molecule has 0 bridgehead atoms. The molecule has 55 heavy (non-hydrogen) atoms. The van der Waals surface area contributed by atoms with E-state index < -0.39 is 33.2 Å². The summed E-state index contributed by atoms with van der Waals surface area (Å²) >= 11 is 0. The summed E-state index contributed by atoms with van der Waals surface area (Å²) in [5.74, 6) is -0.379. The van der Waals surface area contributed by atoms with Gasteiger partial charge in [-0.25, -0.2) is 4.57 Å². The van der Waals surface area contributed by atoms with Gasteiger partial charge in [-0.1, -0.05) is 193 Å². The van der Waals surface area contributed by atoms with Crippen molar-refractivity contribution in [1.29, 1.82) is 0 Å². The lowest BCUT2D eigenvalue weighted by molar-refractivity contribution is -0.154. The van der Waals surface area contributed by atoms with Crippen LogP contribution in [0.2, 0.25) is 0 Å². The third-order valence-electron chi connectivity index (χ3n) is 10.2. The minimum absolute atomic E-state index is 0.0542. The number of hydrogen-bond acceptors (Lipinski definition) is 8. The van der Waals surface area contributed by atoms with Crippen molar-refractivity contribution in [3.05, 3.63) is 12.2 Å². The highest BCUT2D eigenvalue weighted by atomic mass is 31.2. The maximum Gasteiger partial charge on any atom is 0.472 e. The summed E-state index contributed by atoms with van der Waals surface area (Å²) < 4.78 is 33.4. The summed E-state index contributed by atoms with van der Waals surface area (Å²) in [7, 11) is -4.51. The normalized spacial score (nSPS) is 14.1. The molecule has 10 heteroatoms. The number of unbranched alkanes of at least 4 members (excludes halogenated alkanes) is 29. The van der Waals surface area contributed by atoms with Gasteiger partial charge in [-0.05, 0) is 38.5 Å². The third-order valence-corrected chi connectivity index (χ3v) is 11.2. The molecule has 328 valence electrons. The molecule has 0 rings (SSSR count). The summed E-state index contributed by atoms with van der Waals surface area (Å²) in [6.07, 6.45) is 43.1. The van der Waals surface area contributed by atoms with Crippen molar-refractivity contribution in [3.8, 4) is 0 Å². The van der Waals surface area contributed by atoms with E-state index in [1.54, 1.807) is 0 Å². The lowest BCUT2D eigenvalue weighted by atomic mass is 10.0. The van der Waals surface area contributed by atoms with Crippen molar-refractivity contribution in [2.75, 3.05) is 33.0 Å². The number of phosphoric acid groups is 1. The molecule has 0 aliphatic rings. The molecule has 0 aromatic heterocycles. The smallest absolute Gasteiger partial charge is 0.457 e. The van der Waals surface area contributed by atoms with Gasteiger partial charge in [0.05, 0.1) is 26.4 Å². The van der Waals surface area contributed by atoms with Gasteiger partial charge in [0.1, 0.15) is 12.2 Å². The predicted molar refractivity (Wildman–Crippen MR) is 228 cm³/mol. The minimum Gasteiger partial charge on any atom is -0.457 e. The zero-order chi connectivity index (χ0) is 40.3. The number of aliphatic hydroxyl groups is 2. The second-order valence-corrected chi connectivity index (χ2v) is 17.2. The average Bonchev–Trinajstić information content (AvgIpc) is 3.18. The number of esters is 1. The van der Waals surface area contributed by atoms with Crippen LogP contribution >= 0.6 is 7.82 Å². The van der Waals surface area contributed by atoms with Crippen LogP contribution in [-0.2, 0) is 27.9 Å². The highest BCUT2D eigenvalue weighted by Crippen LogP contribution is 2.43. The van der Waals surface area contributed by atoms with Crippen LogP contribution in [-0.4, -0.2) is 66.3 Å². The quantitative estimate of drug-likeness (QED) is 0.0238. The first kappa shape index (κ1) is 54.2. The van der Waals surface area contributed by atoms with Crippen LogP contribution in [0.25, 0.3) is 0 Å². The van der Waals surface area contributed by atoms with Crippen molar-refractivity contribution in [1.82, 2.24) is 0 Å². The number of phosphoric ester groups is 1. The summed E-state index contributed by atoms with van der Waals surface area (Å²) in [6, 6.07) is 0. The van der Waals surface area contributed by atoms with E-state index in [-0.39, 0.29) is 25.6 Å². The Morgan fingerprint density at radius 1 is 0.545 bits per heavy atom. The fraction of sp³-hybridized carbons (Fsp3) is 0.933. The van der Waals surface area contributed by atoms with Crippen molar-refractivity contribution in [2.24, 2.45) is 0 Å². The molecule has 0 heterocycles. The maximum atomic E-state index is 12.6. The molecule has 3 N–H and O–H groups in total. The first-order valence-corrected chi connectivity index (χ1v) is 24.7. The minimum atomic E-state index is -4.51. The van der Waals surface area contributed by atoms with Crippen LogP contribution in [0.5, 0.6) is 0 Å². The van der Waals surface area contributed by atoms with Crippen molar-refractivity contribution >= 4 is 13.8 Å². The van der Waals surface area contributed by atoms with Crippen LogP contribution in [0.4, 0.5) is 0 Å². The van der Waals surface area contributed by atoms with E-state index in [0.717, 1.165) is 38.5 Å². The molecule has 0 saturated heterocycles. The molecular formula is C45H89O9P. The van der Waals surface area contributed by atoms with Crippen molar-refractivity contribution in [2.45, 2.75) is 238 Å². The third kappa shape index (κ3) is 42.6. The van der Waals surface area contributed by atoms with Gasteiger partial charge in [0.25, 0.3) is 0 Å². The van der Waals surface area contributed by atoms with Gasteiger partial charge < -0.3 is 24.6 Å². The molecule has 0 saturated carbocycles.